The Morgan fingerprint density at radius 1 is 1.47 bits per heavy atom. The first-order chi connectivity index (χ1) is 9.08. The number of anilines is 1. The van der Waals surface area contributed by atoms with Gasteiger partial charge in [-0.2, -0.15) is 0 Å². The van der Waals surface area contributed by atoms with Gasteiger partial charge in [-0.1, -0.05) is 0 Å². The van der Waals surface area contributed by atoms with Crippen molar-refractivity contribution in [2.45, 2.75) is 6.54 Å². The minimum atomic E-state index is -1.25. The molecule has 0 bridgehead atoms. The van der Waals surface area contributed by atoms with E-state index in [-0.39, 0.29) is 23.7 Å². The van der Waals surface area contributed by atoms with Gasteiger partial charge in [-0.3, -0.25) is 10.1 Å². The monoisotopic (exact) mass is 263 g/mol. The van der Waals surface area contributed by atoms with E-state index in [1.165, 1.54) is 6.26 Å². The second kappa shape index (κ2) is 5.17. The van der Waals surface area contributed by atoms with Gasteiger partial charge in [0.1, 0.15) is 5.76 Å². The quantitative estimate of drug-likeness (QED) is 0.624. The average Bonchev–Trinajstić information content (AvgIpc) is 2.88. The third kappa shape index (κ3) is 2.86. The van der Waals surface area contributed by atoms with Crippen LogP contribution in [0.1, 0.15) is 16.2 Å². The summed E-state index contributed by atoms with van der Waals surface area (Å²) >= 11 is 0. The van der Waals surface area contributed by atoms with E-state index >= 15 is 0 Å². The maximum absolute atomic E-state index is 10.8. The molecule has 0 aromatic carbocycles. The van der Waals surface area contributed by atoms with Gasteiger partial charge in [0.15, 0.2) is 5.69 Å². The van der Waals surface area contributed by atoms with E-state index in [1.54, 1.807) is 12.1 Å². The molecule has 2 aromatic rings. The van der Waals surface area contributed by atoms with E-state index in [0.717, 1.165) is 12.1 Å². The fraction of sp³-hybridized carbons (Fsp3) is 0.0909. The molecule has 2 rings (SSSR count). The lowest BCUT2D eigenvalue weighted by Gasteiger charge is -2.05. The van der Waals surface area contributed by atoms with Crippen molar-refractivity contribution in [3.05, 3.63) is 52.1 Å². The molecule has 2 N–H and O–H groups in total. The van der Waals surface area contributed by atoms with E-state index in [1.807, 2.05) is 0 Å². The van der Waals surface area contributed by atoms with Gasteiger partial charge in [-0.25, -0.2) is 9.78 Å². The zero-order chi connectivity index (χ0) is 13.8. The first kappa shape index (κ1) is 12.6. The Kier molecular flexibility index (Phi) is 3.42. The van der Waals surface area contributed by atoms with Crippen LogP contribution in [0.3, 0.4) is 0 Å². The number of nitrogens with zero attached hydrogens (tertiary/aromatic N) is 2. The van der Waals surface area contributed by atoms with E-state index in [0.29, 0.717) is 5.76 Å². The number of nitrogens with one attached hydrogen (secondary N) is 1. The highest BCUT2D eigenvalue weighted by molar-refractivity contribution is 5.86. The Morgan fingerprint density at radius 2 is 2.26 bits per heavy atom. The van der Waals surface area contributed by atoms with Gasteiger partial charge < -0.3 is 14.8 Å². The lowest BCUT2D eigenvalue weighted by Crippen LogP contribution is -2.08. The molecule has 0 radical (unpaired) electrons. The lowest BCUT2D eigenvalue weighted by atomic mass is 10.3. The van der Waals surface area contributed by atoms with Crippen molar-refractivity contribution in [2.24, 2.45) is 0 Å². The Morgan fingerprint density at radius 3 is 2.84 bits per heavy atom. The lowest BCUT2D eigenvalue weighted by molar-refractivity contribution is -0.384. The van der Waals surface area contributed by atoms with E-state index in [2.05, 4.69) is 10.3 Å². The summed E-state index contributed by atoms with van der Waals surface area (Å²) in [7, 11) is 0. The third-order valence-electron chi connectivity index (χ3n) is 2.30. The Balaban J connectivity index is 2.27. The molecular weight excluding hydrogens is 254 g/mol. The molecule has 0 amide bonds. The number of carboxylic acids is 1. The molecule has 0 aliphatic rings. The number of carboxylic acid groups (broad SMARTS) is 1. The molecular formula is C11H9N3O5. The topological polar surface area (TPSA) is 118 Å². The van der Waals surface area contributed by atoms with E-state index < -0.39 is 10.9 Å². The number of nitro groups is 1. The largest absolute Gasteiger partial charge is 0.477 e. The molecule has 0 aliphatic carbocycles. The first-order valence-corrected chi connectivity index (χ1v) is 5.23. The van der Waals surface area contributed by atoms with E-state index in [9.17, 15) is 14.9 Å². The number of hydrogen-bond acceptors (Lipinski definition) is 6. The van der Waals surface area contributed by atoms with Crippen LogP contribution in [0.25, 0.3) is 0 Å². The SMILES string of the molecule is O=C(O)c1ccc([N+](=O)[O-])c(NCc2ccco2)n1. The molecule has 2 aromatic heterocycles. The fourth-order valence-corrected chi connectivity index (χ4v) is 1.43. The maximum Gasteiger partial charge on any atom is 0.354 e. The van der Waals surface area contributed by atoms with Crippen LogP contribution >= 0.6 is 0 Å². The molecule has 0 unspecified atom stereocenters. The molecule has 19 heavy (non-hydrogen) atoms. The first-order valence-electron chi connectivity index (χ1n) is 5.23. The van der Waals surface area contributed by atoms with Crippen LogP contribution in [0, 0.1) is 10.1 Å². The van der Waals surface area contributed by atoms with Gasteiger partial charge >= 0.3 is 11.7 Å². The molecule has 0 spiro atoms. The Hall–Kier alpha value is -2.90. The van der Waals surface area contributed by atoms with Crippen LogP contribution in [0.5, 0.6) is 0 Å². The predicted octanol–water partition coefficient (Wildman–Crippen LogP) is 1.89. The molecule has 98 valence electrons. The zero-order valence-corrected chi connectivity index (χ0v) is 9.57. The van der Waals surface area contributed by atoms with Crippen LogP contribution in [-0.2, 0) is 6.54 Å². The van der Waals surface area contributed by atoms with Crippen molar-refractivity contribution in [3.8, 4) is 0 Å². The van der Waals surface area contributed by atoms with Gasteiger partial charge in [0.25, 0.3) is 0 Å². The predicted molar refractivity (Wildman–Crippen MR) is 63.9 cm³/mol. The van der Waals surface area contributed by atoms with Crippen molar-refractivity contribution >= 4 is 17.5 Å². The van der Waals surface area contributed by atoms with Gasteiger partial charge in [-0.15, -0.1) is 0 Å². The summed E-state index contributed by atoms with van der Waals surface area (Å²) in [6.07, 6.45) is 1.46. The number of furan rings is 1. The van der Waals surface area contributed by atoms with Crippen molar-refractivity contribution in [3.63, 3.8) is 0 Å². The van der Waals surface area contributed by atoms with Gasteiger partial charge in [0.2, 0.25) is 5.82 Å². The molecule has 0 fully saturated rings. The normalized spacial score (nSPS) is 10.1. The summed E-state index contributed by atoms with van der Waals surface area (Å²) in [5, 5.41) is 22.3. The number of aromatic carboxylic acids is 1. The number of aromatic nitrogens is 1. The highest BCUT2D eigenvalue weighted by atomic mass is 16.6. The molecule has 0 aliphatic heterocycles. The van der Waals surface area contributed by atoms with Gasteiger partial charge in [0, 0.05) is 6.07 Å². The molecule has 0 saturated carbocycles. The molecule has 8 nitrogen and oxygen atoms in total. The number of rotatable bonds is 5. The minimum absolute atomic E-state index is 0.110. The molecule has 0 saturated heterocycles. The summed E-state index contributed by atoms with van der Waals surface area (Å²) in [5.41, 5.74) is -0.566. The van der Waals surface area contributed by atoms with Gasteiger partial charge in [0.05, 0.1) is 17.7 Å². The number of carbonyl (C=O) groups is 1. The summed E-state index contributed by atoms with van der Waals surface area (Å²) in [5.74, 6) is -0.811. The second-order valence-corrected chi connectivity index (χ2v) is 3.56. The van der Waals surface area contributed by atoms with Crippen molar-refractivity contribution in [1.82, 2.24) is 4.98 Å². The highest BCUT2D eigenvalue weighted by Crippen LogP contribution is 2.22. The van der Waals surface area contributed by atoms with Crippen molar-refractivity contribution < 1.29 is 19.2 Å². The Labute approximate surface area is 106 Å². The fourth-order valence-electron chi connectivity index (χ4n) is 1.43. The molecule has 2 heterocycles. The van der Waals surface area contributed by atoms with Crippen LogP contribution in [0.4, 0.5) is 11.5 Å². The van der Waals surface area contributed by atoms with Crippen molar-refractivity contribution in [2.75, 3.05) is 5.32 Å². The molecule has 8 heteroatoms. The second-order valence-electron chi connectivity index (χ2n) is 3.56. The van der Waals surface area contributed by atoms with Crippen LogP contribution in [0.15, 0.2) is 34.9 Å². The van der Waals surface area contributed by atoms with Crippen LogP contribution in [0.2, 0.25) is 0 Å². The Bertz CT molecular complexity index is 609. The maximum atomic E-state index is 10.8. The van der Waals surface area contributed by atoms with E-state index in [4.69, 9.17) is 9.52 Å². The van der Waals surface area contributed by atoms with Crippen LogP contribution in [-0.4, -0.2) is 21.0 Å². The standard InChI is InChI=1S/C11H9N3O5/c15-11(16)8-3-4-9(14(17)18)10(13-8)12-6-7-2-1-5-19-7/h1-5H,6H2,(H,12,13)(H,15,16). The average molecular weight is 263 g/mol. The number of hydrogen-bond donors (Lipinski definition) is 2. The van der Waals surface area contributed by atoms with Gasteiger partial charge in [-0.05, 0) is 18.2 Å². The summed E-state index contributed by atoms with van der Waals surface area (Å²) in [6, 6.07) is 5.53. The minimum Gasteiger partial charge on any atom is -0.477 e. The smallest absolute Gasteiger partial charge is 0.354 e. The summed E-state index contributed by atoms with van der Waals surface area (Å²) in [4.78, 5) is 24.7. The summed E-state index contributed by atoms with van der Waals surface area (Å²) in [6.45, 7) is 0.171. The van der Waals surface area contributed by atoms with Crippen molar-refractivity contribution in [1.29, 1.82) is 0 Å². The highest BCUT2D eigenvalue weighted by Gasteiger charge is 2.18. The van der Waals surface area contributed by atoms with Crippen LogP contribution < -0.4 is 5.32 Å². The molecule has 0 atom stereocenters. The zero-order valence-electron chi connectivity index (χ0n) is 9.57. The number of pyridine rings is 1. The summed E-state index contributed by atoms with van der Waals surface area (Å²) < 4.78 is 5.06. The third-order valence-corrected chi connectivity index (χ3v) is 2.30.